The third-order valence-electron chi connectivity index (χ3n) is 7.29. The molecule has 3 aliphatic rings. The Morgan fingerprint density at radius 3 is 2.71 bits per heavy atom. The summed E-state index contributed by atoms with van der Waals surface area (Å²) in [4.78, 5) is 21.6. The quantitative estimate of drug-likeness (QED) is 0.434. The Morgan fingerprint density at radius 1 is 1.13 bits per heavy atom. The minimum absolute atomic E-state index is 0.0549. The molecule has 11 nitrogen and oxygen atoms in total. The predicted octanol–water partition coefficient (Wildman–Crippen LogP) is 1.95. The first-order valence-corrected chi connectivity index (χ1v) is 14.5. The van der Waals surface area contributed by atoms with E-state index in [0.29, 0.717) is 69.5 Å². The highest BCUT2D eigenvalue weighted by molar-refractivity contribution is 7.89. The molecule has 0 bridgehead atoms. The number of piperazine rings is 1. The van der Waals surface area contributed by atoms with Crippen molar-refractivity contribution < 1.29 is 27.4 Å². The molecule has 1 atom stereocenters. The summed E-state index contributed by atoms with van der Waals surface area (Å²) >= 11 is 0. The zero-order valence-corrected chi connectivity index (χ0v) is 22.7. The van der Waals surface area contributed by atoms with Crippen molar-refractivity contribution in [2.24, 2.45) is 0 Å². The van der Waals surface area contributed by atoms with Crippen LogP contribution in [0.1, 0.15) is 19.3 Å². The van der Waals surface area contributed by atoms with Gasteiger partial charge in [-0.05, 0) is 38.1 Å². The molecule has 4 heterocycles. The maximum atomic E-state index is 13.6. The largest absolute Gasteiger partial charge is 0.490 e. The molecule has 0 saturated carbocycles. The fourth-order valence-electron chi connectivity index (χ4n) is 5.17. The van der Waals surface area contributed by atoms with Crippen molar-refractivity contribution in [2.45, 2.75) is 30.4 Å². The molecule has 38 heavy (non-hydrogen) atoms. The van der Waals surface area contributed by atoms with Gasteiger partial charge in [0.2, 0.25) is 15.9 Å². The Kier molecular flexibility index (Phi) is 8.03. The van der Waals surface area contributed by atoms with E-state index in [1.165, 1.54) is 11.4 Å². The number of rotatable bonds is 9. The summed E-state index contributed by atoms with van der Waals surface area (Å²) in [5.41, 5.74) is 1.41. The number of anilines is 2. The zero-order valence-electron chi connectivity index (χ0n) is 21.9. The number of aromatic nitrogens is 1. The van der Waals surface area contributed by atoms with Crippen molar-refractivity contribution >= 4 is 27.7 Å². The van der Waals surface area contributed by atoms with E-state index >= 15 is 0 Å². The molecule has 0 unspecified atom stereocenters. The van der Waals surface area contributed by atoms with Gasteiger partial charge in [-0.15, -0.1) is 0 Å². The molecule has 1 aromatic heterocycles. The molecule has 5 rings (SSSR count). The number of sulfonamides is 1. The van der Waals surface area contributed by atoms with E-state index in [2.05, 4.69) is 14.8 Å². The first kappa shape index (κ1) is 26.7. The monoisotopic (exact) mass is 545 g/mol. The predicted molar refractivity (Wildman–Crippen MR) is 142 cm³/mol. The van der Waals surface area contributed by atoms with Gasteiger partial charge in [0.05, 0.1) is 31.2 Å². The topological polar surface area (TPSA) is 105 Å². The van der Waals surface area contributed by atoms with Crippen LogP contribution in [0.2, 0.25) is 0 Å². The lowest BCUT2D eigenvalue weighted by Crippen LogP contribution is -2.47. The van der Waals surface area contributed by atoms with Crippen LogP contribution in [0.25, 0.3) is 0 Å². The average Bonchev–Trinajstić information content (AvgIpc) is 3.38. The van der Waals surface area contributed by atoms with Gasteiger partial charge in [0.25, 0.3) is 0 Å². The number of aldehydes is 1. The van der Waals surface area contributed by atoms with Crippen LogP contribution >= 0.6 is 0 Å². The SMILES string of the molecule is COc1ncc(N2CCOc3ccc(O[C@H]4CCCN4CCC=O)cc32)cc1S(=O)(=O)N1CCN(C)CC1. The third-order valence-corrected chi connectivity index (χ3v) is 9.19. The maximum Gasteiger partial charge on any atom is 0.248 e. The van der Waals surface area contributed by atoms with Gasteiger partial charge in [-0.25, -0.2) is 13.4 Å². The lowest BCUT2D eigenvalue weighted by atomic mass is 10.2. The van der Waals surface area contributed by atoms with Crippen LogP contribution < -0.4 is 19.1 Å². The fourth-order valence-corrected chi connectivity index (χ4v) is 6.72. The molecular weight excluding hydrogens is 510 g/mol. The van der Waals surface area contributed by atoms with Gasteiger partial charge in [0, 0.05) is 51.8 Å². The minimum Gasteiger partial charge on any atom is -0.490 e. The maximum absolute atomic E-state index is 13.6. The molecule has 2 saturated heterocycles. The molecule has 0 N–H and O–H groups in total. The first-order chi connectivity index (χ1) is 18.4. The number of nitrogens with zero attached hydrogens (tertiary/aromatic N) is 5. The summed E-state index contributed by atoms with van der Waals surface area (Å²) in [6, 6.07) is 7.32. The van der Waals surface area contributed by atoms with Gasteiger partial charge in [-0.3, -0.25) is 4.90 Å². The average molecular weight is 546 g/mol. The first-order valence-electron chi connectivity index (χ1n) is 13.0. The molecule has 0 spiro atoms. The van der Waals surface area contributed by atoms with Crippen molar-refractivity contribution in [1.82, 2.24) is 19.1 Å². The van der Waals surface area contributed by atoms with Gasteiger partial charge in [0.15, 0.2) is 6.23 Å². The second-order valence-corrected chi connectivity index (χ2v) is 11.7. The number of fused-ring (bicyclic) bond motifs is 1. The lowest BCUT2D eigenvalue weighted by Gasteiger charge is -2.33. The number of ether oxygens (including phenoxy) is 3. The second-order valence-electron chi connectivity index (χ2n) is 9.74. The van der Waals surface area contributed by atoms with Gasteiger partial charge in [0.1, 0.15) is 29.3 Å². The van der Waals surface area contributed by atoms with E-state index in [1.54, 1.807) is 12.3 Å². The van der Waals surface area contributed by atoms with Gasteiger partial charge in [-0.1, -0.05) is 0 Å². The Morgan fingerprint density at radius 2 is 1.95 bits per heavy atom. The summed E-state index contributed by atoms with van der Waals surface area (Å²) in [5, 5.41) is 0. The van der Waals surface area contributed by atoms with Crippen LogP contribution in [0.4, 0.5) is 11.4 Å². The summed E-state index contributed by atoms with van der Waals surface area (Å²) in [6.07, 6.45) is 4.87. The van der Waals surface area contributed by atoms with Crippen LogP contribution in [0.5, 0.6) is 17.4 Å². The van der Waals surface area contributed by atoms with Crippen molar-refractivity contribution in [2.75, 3.05) is 71.5 Å². The van der Waals surface area contributed by atoms with E-state index < -0.39 is 10.0 Å². The molecule has 0 amide bonds. The number of carbonyl (C=O) groups is 1. The molecule has 0 aliphatic carbocycles. The Hall–Kier alpha value is -2.93. The molecule has 206 valence electrons. The van der Waals surface area contributed by atoms with Crippen molar-refractivity contribution in [1.29, 1.82) is 0 Å². The van der Waals surface area contributed by atoms with Gasteiger partial charge >= 0.3 is 0 Å². The highest BCUT2D eigenvalue weighted by atomic mass is 32.2. The van der Waals surface area contributed by atoms with Crippen LogP contribution in [-0.4, -0.2) is 107 Å². The Labute approximate surface area is 223 Å². The normalized spacial score (nSPS) is 21.1. The van der Waals surface area contributed by atoms with Crippen LogP contribution in [0, 0.1) is 0 Å². The minimum atomic E-state index is -3.80. The van der Waals surface area contributed by atoms with Crippen molar-refractivity contribution in [3.05, 3.63) is 30.5 Å². The van der Waals surface area contributed by atoms with Crippen molar-refractivity contribution in [3.8, 4) is 17.4 Å². The molecular formula is C26H35N5O6S. The molecule has 12 heteroatoms. The number of hydrogen-bond donors (Lipinski definition) is 0. The van der Waals surface area contributed by atoms with E-state index in [4.69, 9.17) is 14.2 Å². The molecule has 1 aromatic carbocycles. The molecule has 2 aromatic rings. The molecule has 0 radical (unpaired) electrons. The van der Waals surface area contributed by atoms with Gasteiger partial charge in [-0.2, -0.15) is 4.31 Å². The van der Waals surface area contributed by atoms with E-state index in [-0.39, 0.29) is 17.0 Å². The Bertz CT molecular complexity index is 1250. The summed E-state index contributed by atoms with van der Waals surface area (Å²) in [7, 11) is -0.386. The fraction of sp³-hybridized carbons (Fsp3) is 0.538. The highest BCUT2D eigenvalue weighted by Gasteiger charge is 2.33. The number of hydrogen-bond acceptors (Lipinski definition) is 10. The van der Waals surface area contributed by atoms with Gasteiger partial charge < -0.3 is 28.8 Å². The van der Waals surface area contributed by atoms with E-state index in [9.17, 15) is 13.2 Å². The summed E-state index contributed by atoms with van der Waals surface area (Å²) < 4.78 is 46.3. The smallest absolute Gasteiger partial charge is 0.248 e. The van der Waals surface area contributed by atoms with Crippen molar-refractivity contribution in [3.63, 3.8) is 0 Å². The van der Waals surface area contributed by atoms with Crippen LogP contribution in [-0.2, 0) is 14.8 Å². The zero-order chi connectivity index (χ0) is 26.7. The molecule has 2 fully saturated rings. The van der Waals surface area contributed by atoms with E-state index in [0.717, 1.165) is 31.4 Å². The van der Waals surface area contributed by atoms with E-state index in [1.807, 2.05) is 30.1 Å². The summed E-state index contributed by atoms with van der Waals surface area (Å²) in [6.45, 7) is 4.72. The third kappa shape index (κ3) is 5.44. The second kappa shape index (κ2) is 11.4. The number of likely N-dealkylation sites (N-methyl/N-ethyl adjacent to an activating group) is 1. The Balaban J connectivity index is 1.43. The standard InChI is InChI=1S/C26H35N5O6S/c1-28-10-12-30(13-11-28)38(33,34)24-17-20(19-27-26(24)35-2)31-14-16-36-23-7-6-21(18-22(23)31)37-25-5-3-8-29(25)9-4-15-32/h6-7,15,17-19,25H,3-5,8-14,16H2,1-2H3/t25-/m0/s1. The number of carbonyl (C=O) groups excluding carboxylic acids is 1. The highest BCUT2D eigenvalue weighted by Crippen LogP contribution is 2.41. The number of likely N-dealkylation sites (tertiary alicyclic amines) is 1. The lowest BCUT2D eigenvalue weighted by molar-refractivity contribution is -0.108. The van der Waals surface area contributed by atoms with Crippen LogP contribution in [0.15, 0.2) is 35.4 Å². The molecule has 3 aliphatic heterocycles. The summed E-state index contributed by atoms with van der Waals surface area (Å²) in [5.74, 6) is 1.45. The number of methoxy groups -OCH3 is 1. The van der Waals surface area contributed by atoms with Crippen LogP contribution in [0.3, 0.4) is 0 Å². The number of pyridine rings is 1. The number of benzene rings is 1.